The number of carbonyl (C=O) groups is 2. The number of hydrogen-bond donors (Lipinski definition) is 1. The van der Waals surface area contributed by atoms with Crippen molar-refractivity contribution in [2.45, 2.75) is 6.92 Å². The van der Waals surface area contributed by atoms with Crippen LogP contribution in [-0.2, 0) is 9.59 Å². The Morgan fingerprint density at radius 1 is 1.12 bits per heavy atom. The summed E-state index contributed by atoms with van der Waals surface area (Å²) in [6.07, 6.45) is 1.54. The fourth-order valence-corrected chi connectivity index (χ4v) is 2.99. The van der Waals surface area contributed by atoms with Crippen LogP contribution in [0.15, 0.2) is 66.9 Å². The van der Waals surface area contributed by atoms with E-state index >= 15 is 0 Å². The SMILES string of the molecule is C=CCN1C(=O)C(Nc2ccc(Cl)cc2C)=C(c2ccccc2)C1=O. The van der Waals surface area contributed by atoms with Gasteiger partial charge in [-0.15, -0.1) is 6.58 Å². The molecule has 1 aliphatic rings. The van der Waals surface area contributed by atoms with Crippen molar-refractivity contribution < 1.29 is 9.59 Å². The first-order valence-corrected chi connectivity index (χ1v) is 8.20. The van der Waals surface area contributed by atoms with Crippen LogP contribution in [-0.4, -0.2) is 23.3 Å². The van der Waals surface area contributed by atoms with Gasteiger partial charge in [-0.2, -0.15) is 0 Å². The molecule has 1 heterocycles. The molecule has 2 aromatic rings. The molecule has 0 aliphatic carbocycles. The van der Waals surface area contributed by atoms with E-state index in [1.54, 1.807) is 18.2 Å². The first-order chi connectivity index (χ1) is 12.0. The molecule has 0 atom stereocenters. The fourth-order valence-electron chi connectivity index (χ4n) is 2.76. The number of aryl methyl sites for hydroxylation is 1. The topological polar surface area (TPSA) is 49.4 Å². The van der Waals surface area contributed by atoms with Crippen molar-refractivity contribution in [1.29, 1.82) is 0 Å². The number of carbonyl (C=O) groups excluding carboxylic acids is 2. The van der Waals surface area contributed by atoms with Gasteiger partial charge in [0.1, 0.15) is 5.70 Å². The van der Waals surface area contributed by atoms with E-state index in [-0.39, 0.29) is 24.1 Å². The van der Waals surface area contributed by atoms with Gasteiger partial charge in [-0.1, -0.05) is 48.0 Å². The smallest absolute Gasteiger partial charge is 0.278 e. The fraction of sp³-hybridized carbons (Fsp3) is 0.100. The van der Waals surface area contributed by atoms with Crippen LogP contribution in [0.3, 0.4) is 0 Å². The van der Waals surface area contributed by atoms with Crippen molar-refractivity contribution in [3.8, 4) is 0 Å². The average molecular weight is 353 g/mol. The lowest BCUT2D eigenvalue weighted by Gasteiger charge is -2.13. The number of nitrogens with zero attached hydrogens (tertiary/aromatic N) is 1. The normalized spacial score (nSPS) is 14.2. The molecule has 25 heavy (non-hydrogen) atoms. The van der Waals surface area contributed by atoms with Gasteiger partial charge in [-0.05, 0) is 36.2 Å². The molecule has 4 nitrogen and oxygen atoms in total. The maximum absolute atomic E-state index is 12.8. The Kier molecular flexibility index (Phi) is 4.72. The van der Waals surface area contributed by atoms with E-state index in [1.807, 2.05) is 37.3 Å². The zero-order chi connectivity index (χ0) is 18.0. The van der Waals surface area contributed by atoms with E-state index in [1.165, 1.54) is 11.0 Å². The van der Waals surface area contributed by atoms with Gasteiger partial charge in [0.05, 0.1) is 5.57 Å². The van der Waals surface area contributed by atoms with E-state index in [9.17, 15) is 9.59 Å². The van der Waals surface area contributed by atoms with Crippen molar-refractivity contribution in [2.24, 2.45) is 0 Å². The second-order valence-corrected chi connectivity index (χ2v) is 6.15. The van der Waals surface area contributed by atoms with Crippen LogP contribution in [0.2, 0.25) is 5.02 Å². The molecule has 0 radical (unpaired) electrons. The first-order valence-electron chi connectivity index (χ1n) is 7.83. The molecule has 126 valence electrons. The van der Waals surface area contributed by atoms with Crippen LogP contribution in [0.25, 0.3) is 5.57 Å². The molecule has 2 aromatic carbocycles. The lowest BCUT2D eigenvalue weighted by Crippen LogP contribution is -2.32. The molecule has 0 saturated carbocycles. The van der Waals surface area contributed by atoms with Crippen LogP contribution in [0, 0.1) is 6.92 Å². The number of hydrogen-bond acceptors (Lipinski definition) is 3. The standard InChI is InChI=1S/C20H17ClN2O2/c1-3-11-23-19(24)17(14-7-5-4-6-8-14)18(20(23)25)22-16-10-9-15(21)12-13(16)2/h3-10,12,22H,1,11H2,2H3. The first kappa shape index (κ1) is 17.0. The Morgan fingerprint density at radius 2 is 1.84 bits per heavy atom. The molecule has 0 unspecified atom stereocenters. The Balaban J connectivity index is 2.09. The van der Waals surface area contributed by atoms with Crippen LogP contribution in [0.1, 0.15) is 11.1 Å². The third kappa shape index (κ3) is 3.21. The minimum Gasteiger partial charge on any atom is -0.350 e. The molecule has 0 fully saturated rings. The highest BCUT2D eigenvalue weighted by atomic mass is 35.5. The Morgan fingerprint density at radius 3 is 2.48 bits per heavy atom. The van der Waals surface area contributed by atoms with E-state index in [0.717, 1.165) is 11.3 Å². The summed E-state index contributed by atoms with van der Waals surface area (Å²) in [6.45, 7) is 5.68. The maximum Gasteiger partial charge on any atom is 0.278 e. The summed E-state index contributed by atoms with van der Waals surface area (Å²) in [5.74, 6) is -0.691. The summed E-state index contributed by atoms with van der Waals surface area (Å²) in [7, 11) is 0. The number of anilines is 1. The van der Waals surface area contributed by atoms with Gasteiger partial charge < -0.3 is 5.32 Å². The molecule has 1 aliphatic heterocycles. The minimum absolute atomic E-state index is 0.165. The van der Waals surface area contributed by atoms with Crippen molar-refractivity contribution in [3.63, 3.8) is 0 Å². The molecule has 3 rings (SSSR count). The third-order valence-corrected chi connectivity index (χ3v) is 4.23. The number of halogens is 1. The number of benzene rings is 2. The molecular formula is C20H17ClN2O2. The molecule has 0 saturated heterocycles. The highest BCUT2D eigenvalue weighted by molar-refractivity contribution is 6.36. The van der Waals surface area contributed by atoms with Gasteiger partial charge in [0.15, 0.2) is 0 Å². The average Bonchev–Trinajstić information content (AvgIpc) is 2.83. The summed E-state index contributed by atoms with van der Waals surface area (Å²) < 4.78 is 0. The summed E-state index contributed by atoms with van der Waals surface area (Å²) in [4.78, 5) is 26.8. The molecule has 5 heteroatoms. The lowest BCUT2D eigenvalue weighted by atomic mass is 10.0. The van der Waals surface area contributed by atoms with Crippen LogP contribution in [0.5, 0.6) is 0 Å². The highest BCUT2D eigenvalue weighted by Crippen LogP contribution is 2.31. The van der Waals surface area contributed by atoms with E-state index in [0.29, 0.717) is 16.2 Å². The van der Waals surface area contributed by atoms with Gasteiger partial charge in [0.2, 0.25) is 0 Å². The second-order valence-electron chi connectivity index (χ2n) is 5.71. The quantitative estimate of drug-likeness (QED) is 0.653. The summed E-state index contributed by atoms with van der Waals surface area (Å²) >= 11 is 5.99. The maximum atomic E-state index is 12.8. The van der Waals surface area contributed by atoms with Gasteiger partial charge in [0, 0.05) is 17.3 Å². The van der Waals surface area contributed by atoms with Crippen molar-refractivity contribution >= 4 is 34.7 Å². The second kappa shape index (κ2) is 6.95. The zero-order valence-corrected chi connectivity index (χ0v) is 14.5. The molecule has 0 aromatic heterocycles. The monoisotopic (exact) mass is 352 g/mol. The summed E-state index contributed by atoms with van der Waals surface area (Å²) in [6, 6.07) is 14.5. The summed E-state index contributed by atoms with van der Waals surface area (Å²) in [5, 5.41) is 3.74. The van der Waals surface area contributed by atoms with Crippen molar-refractivity contribution in [1.82, 2.24) is 4.90 Å². The Labute approximate surface area is 151 Å². The molecule has 0 bridgehead atoms. The largest absolute Gasteiger partial charge is 0.350 e. The molecule has 2 amide bonds. The number of rotatable bonds is 5. The molecular weight excluding hydrogens is 336 g/mol. The lowest BCUT2D eigenvalue weighted by molar-refractivity contribution is -0.136. The van der Waals surface area contributed by atoms with Gasteiger partial charge in [0.25, 0.3) is 11.8 Å². The van der Waals surface area contributed by atoms with E-state index < -0.39 is 0 Å². The Bertz CT molecular complexity index is 888. The van der Waals surface area contributed by atoms with E-state index in [4.69, 9.17) is 11.6 Å². The van der Waals surface area contributed by atoms with Crippen LogP contribution < -0.4 is 5.32 Å². The predicted octanol–water partition coefficient (Wildman–Crippen LogP) is 4.03. The van der Waals surface area contributed by atoms with Gasteiger partial charge in [-0.25, -0.2) is 0 Å². The molecule has 0 spiro atoms. The number of amides is 2. The number of imide groups is 1. The minimum atomic E-state index is -0.363. The Hall–Kier alpha value is -2.85. The van der Waals surface area contributed by atoms with E-state index in [2.05, 4.69) is 11.9 Å². The third-order valence-electron chi connectivity index (χ3n) is 3.99. The van der Waals surface area contributed by atoms with Crippen molar-refractivity contribution in [3.05, 3.63) is 83.0 Å². The zero-order valence-electron chi connectivity index (χ0n) is 13.8. The summed E-state index contributed by atoms with van der Waals surface area (Å²) in [5.41, 5.74) is 2.94. The highest BCUT2D eigenvalue weighted by Gasteiger charge is 2.38. The van der Waals surface area contributed by atoms with Crippen LogP contribution >= 0.6 is 11.6 Å². The van der Waals surface area contributed by atoms with Crippen molar-refractivity contribution in [2.75, 3.05) is 11.9 Å². The van der Waals surface area contributed by atoms with Crippen LogP contribution in [0.4, 0.5) is 5.69 Å². The molecule has 1 N–H and O–H groups in total. The van der Waals surface area contributed by atoms with Gasteiger partial charge in [-0.3, -0.25) is 14.5 Å². The predicted molar refractivity (Wildman–Crippen MR) is 100 cm³/mol. The number of nitrogens with one attached hydrogen (secondary N) is 1. The van der Waals surface area contributed by atoms with Gasteiger partial charge >= 0.3 is 0 Å².